The van der Waals surface area contributed by atoms with E-state index in [-0.39, 0.29) is 0 Å². The maximum Gasteiger partial charge on any atom is 0.137 e. The number of nitrogens with one attached hydrogen (secondary N) is 1. The van der Waals surface area contributed by atoms with Crippen LogP contribution in [0.5, 0.6) is 0 Å². The van der Waals surface area contributed by atoms with Crippen molar-refractivity contribution in [2.24, 2.45) is 0 Å². The van der Waals surface area contributed by atoms with Gasteiger partial charge in [-0.15, -0.1) is 0 Å². The first kappa shape index (κ1) is 11.7. The van der Waals surface area contributed by atoms with Crippen molar-refractivity contribution in [2.45, 2.75) is 19.5 Å². The quantitative estimate of drug-likeness (QED) is 0.770. The van der Waals surface area contributed by atoms with Crippen LogP contribution in [-0.2, 0) is 19.5 Å². The second-order valence-electron chi connectivity index (χ2n) is 5.43. The SMILES string of the molecule is c1ccc(CN2CCc3[nH]c4ncccc4c3C2)cc1. The van der Waals surface area contributed by atoms with Crippen LogP contribution in [0, 0.1) is 0 Å². The first-order valence-electron chi connectivity index (χ1n) is 7.11. The molecule has 4 rings (SSSR count). The molecule has 0 radical (unpaired) electrons. The van der Waals surface area contributed by atoms with Crippen LogP contribution >= 0.6 is 0 Å². The van der Waals surface area contributed by atoms with Gasteiger partial charge >= 0.3 is 0 Å². The van der Waals surface area contributed by atoms with Gasteiger partial charge in [-0.05, 0) is 23.3 Å². The number of aromatic amines is 1. The van der Waals surface area contributed by atoms with Gasteiger partial charge < -0.3 is 4.98 Å². The molecule has 0 amide bonds. The molecule has 20 heavy (non-hydrogen) atoms. The van der Waals surface area contributed by atoms with E-state index >= 15 is 0 Å². The van der Waals surface area contributed by atoms with Crippen molar-refractivity contribution in [1.29, 1.82) is 0 Å². The van der Waals surface area contributed by atoms with Gasteiger partial charge in [-0.25, -0.2) is 4.98 Å². The van der Waals surface area contributed by atoms with Crippen molar-refractivity contribution in [3.63, 3.8) is 0 Å². The molecule has 0 saturated heterocycles. The minimum atomic E-state index is 1.01. The summed E-state index contributed by atoms with van der Waals surface area (Å²) >= 11 is 0. The van der Waals surface area contributed by atoms with E-state index in [2.05, 4.69) is 51.3 Å². The fourth-order valence-electron chi connectivity index (χ4n) is 3.07. The number of H-pyrrole nitrogens is 1. The van der Waals surface area contributed by atoms with E-state index in [0.29, 0.717) is 0 Å². The Balaban J connectivity index is 1.63. The number of nitrogens with zero attached hydrogens (tertiary/aromatic N) is 2. The molecule has 0 spiro atoms. The molecule has 0 fully saturated rings. The van der Waals surface area contributed by atoms with E-state index in [1.807, 2.05) is 12.3 Å². The average Bonchev–Trinajstić information content (AvgIpc) is 2.86. The number of aromatic nitrogens is 2. The van der Waals surface area contributed by atoms with E-state index in [1.54, 1.807) is 0 Å². The molecular formula is C17H17N3. The summed E-state index contributed by atoms with van der Waals surface area (Å²) in [6, 6.07) is 14.9. The summed E-state index contributed by atoms with van der Waals surface area (Å²) in [6.45, 7) is 3.14. The fourth-order valence-corrected chi connectivity index (χ4v) is 3.07. The highest BCUT2D eigenvalue weighted by atomic mass is 15.1. The highest BCUT2D eigenvalue weighted by molar-refractivity contribution is 5.81. The molecule has 0 aliphatic carbocycles. The van der Waals surface area contributed by atoms with E-state index in [4.69, 9.17) is 0 Å². The molecule has 100 valence electrons. The van der Waals surface area contributed by atoms with Crippen LogP contribution < -0.4 is 0 Å². The Kier molecular flexibility index (Phi) is 2.78. The molecule has 1 aromatic carbocycles. The second-order valence-corrected chi connectivity index (χ2v) is 5.43. The van der Waals surface area contributed by atoms with Crippen LogP contribution in [0.2, 0.25) is 0 Å². The zero-order valence-electron chi connectivity index (χ0n) is 11.3. The average molecular weight is 263 g/mol. The topological polar surface area (TPSA) is 31.9 Å². The highest BCUT2D eigenvalue weighted by Crippen LogP contribution is 2.27. The minimum absolute atomic E-state index is 1.01. The lowest BCUT2D eigenvalue weighted by molar-refractivity contribution is 0.245. The van der Waals surface area contributed by atoms with Gasteiger partial charge in [0.2, 0.25) is 0 Å². The van der Waals surface area contributed by atoms with Crippen molar-refractivity contribution in [2.75, 3.05) is 6.54 Å². The van der Waals surface area contributed by atoms with Gasteiger partial charge in [0.05, 0.1) is 0 Å². The predicted molar refractivity (Wildman–Crippen MR) is 80.4 cm³/mol. The lowest BCUT2D eigenvalue weighted by Crippen LogP contribution is -2.29. The minimum Gasteiger partial charge on any atom is -0.343 e. The van der Waals surface area contributed by atoms with Crippen molar-refractivity contribution in [3.8, 4) is 0 Å². The smallest absolute Gasteiger partial charge is 0.137 e. The Hall–Kier alpha value is -2.13. The Morgan fingerprint density at radius 2 is 2.00 bits per heavy atom. The van der Waals surface area contributed by atoms with Crippen LogP contribution in [-0.4, -0.2) is 21.4 Å². The molecule has 3 heterocycles. The number of fused-ring (bicyclic) bond motifs is 3. The Labute approximate surface area is 118 Å². The maximum atomic E-state index is 4.42. The van der Waals surface area contributed by atoms with Gasteiger partial charge in [0.25, 0.3) is 0 Å². The lowest BCUT2D eigenvalue weighted by atomic mass is 10.0. The standard InChI is InChI=1S/C17H17N3/c1-2-5-13(6-3-1)11-20-10-8-16-15(12-20)14-7-4-9-18-17(14)19-16/h1-7,9H,8,10-12H2,(H,18,19). The molecular weight excluding hydrogens is 246 g/mol. The Morgan fingerprint density at radius 3 is 2.90 bits per heavy atom. The zero-order valence-corrected chi connectivity index (χ0v) is 11.3. The number of hydrogen-bond acceptors (Lipinski definition) is 2. The van der Waals surface area contributed by atoms with Crippen LogP contribution in [0.25, 0.3) is 11.0 Å². The van der Waals surface area contributed by atoms with E-state index < -0.39 is 0 Å². The molecule has 0 saturated carbocycles. The summed E-state index contributed by atoms with van der Waals surface area (Å²) in [6.07, 6.45) is 2.94. The van der Waals surface area contributed by atoms with Crippen molar-refractivity contribution in [1.82, 2.24) is 14.9 Å². The molecule has 0 unspecified atom stereocenters. The van der Waals surface area contributed by atoms with Gasteiger partial charge in [-0.3, -0.25) is 4.90 Å². The van der Waals surface area contributed by atoms with E-state index in [0.717, 1.165) is 31.7 Å². The maximum absolute atomic E-state index is 4.42. The van der Waals surface area contributed by atoms with Crippen molar-refractivity contribution in [3.05, 3.63) is 65.5 Å². The number of pyridine rings is 1. The molecule has 1 aliphatic rings. The summed E-state index contributed by atoms with van der Waals surface area (Å²) in [5.74, 6) is 0. The van der Waals surface area contributed by atoms with Gasteiger partial charge in [0, 0.05) is 43.3 Å². The zero-order chi connectivity index (χ0) is 13.4. The monoisotopic (exact) mass is 263 g/mol. The Bertz CT molecular complexity index is 730. The third-order valence-corrected chi connectivity index (χ3v) is 4.08. The number of benzene rings is 1. The second kappa shape index (κ2) is 4.76. The molecule has 3 nitrogen and oxygen atoms in total. The van der Waals surface area contributed by atoms with Gasteiger partial charge in [0.1, 0.15) is 5.65 Å². The molecule has 0 atom stereocenters. The van der Waals surface area contributed by atoms with Crippen LogP contribution in [0.1, 0.15) is 16.8 Å². The van der Waals surface area contributed by atoms with Gasteiger partial charge in [0.15, 0.2) is 0 Å². The molecule has 1 aliphatic heterocycles. The van der Waals surface area contributed by atoms with Crippen LogP contribution in [0.3, 0.4) is 0 Å². The van der Waals surface area contributed by atoms with Gasteiger partial charge in [-0.2, -0.15) is 0 Å². The predicted octanol–water partition coefficient (Wildman–Crippen LogP) is 3.12. The van der Waals surface area contributed by atoms with E-state index in [9.17, 15) is 0 Å². The normalized spacial score (nSPS) is 15.4. The van der Waals surface area contributed by atoms with Crippen molar-refractivity contribution >= 4 is 11.0 Å². The summed E-state index contributed by atoms with van der Waals surface area (Å²) in [4.78, 5) is 10.4. The van der Waals surface area contributed by atoms with Gasteiger partial charge in [-0.1, -0.05) is 30.3 Å². The highest BCUT2D eigenvalue weighted by Gasteiger charge is 2.20. The third kappa shape index (κ3) is 2.00. The molecule has 0 bridgehead atoms. The third-order valence-electron chi connectivity index (χ3n) is 4.08. The van der Waals surface area contributed by atoms with E-state index in [1.165, 1.54) is 22.2 Å². The summed E-state index contributed by atoms with van der Waals surface area (Å²) < 4.78 is 0. The number of hydrogen-bond donors (Lipinski definition) is 1. The summed E-state index contributed by atoms with van der Waals surface area (Å²) in [7, 11) is 0. The fraction of sp³-hybridized carbons (Fsp3) is 0.235. The number of rotatable bonds is 2. The van der Waals surface area contributed by atoms with Crippen molar-refractivity contribution < 1.29 is 0 Å². The molecule has 1 N–H and O–H groups in total. The molecule has 3 heteroatoms. The largest absolute Gasteiger partial charge is 0.343 e. The Morgan fingerprint density at radius 1 is 1.10 bits per heavy atom. The summed E-state index contributed by atoms with van der Waals surface area (Å²) in [5, 5.41) is 1.28. The summed E-state index contributed by atoms with van der Waals surface area (Å²) in [5.41, 5.74) is 5.20. The van der Waals surface area contributed by atoms with Crippen LogP contribution in [0.4, 0.5) is 0 Å². The molecule has 3 aromatic rings. The van der Waals surface area contributed by atoms with Crippen LogP contribution in [0.15, 0.2) is 48.7 Å². The lowest BCUT2D eigenvalue weighted by Gasteiger charge is -2.27. The first-order chi connectivity index (χ1) is 9.90. The molecule has 2 aromatic heterocycles. The first-order valence-corrected chi connectivity index (χ1v) is 7.11.